The van der Waals surface area contributed by atoms with Crippen LogP contribution in [0.5, 0.6) is 0 Å². The number of amides is 1. The lowest BCUT2D eigenvalue weighted by Gasteiger charge is -2.33. The van der Waals surface area contributed by atoms with E-state index in [4.69, 9.17) is 14.9 Å². The van der Waals surface area contributed by atoms with Crippen LogP contribution >= 0.6 is 0 Å². The number of aliphatic imine (C=N–C) groups is 1. The summed E-state index contributed by atoms with van der Waals surface area (Å²) in [6.07, 6.45) is 3.63. The van der Waals surface area contributed by atoms with Crippen molar-refractivity contribution in [1.82, 2.24) is 4.90 Å². The minimum atomic E-state index is -5.08. The van der Waals surface area contributed by atoms with Gasteiger partial charge < -0.3 is 10.2 Å². The number of carbonyl (C=O) groups is 3. The molecule has 40 heavy (non-hydrogen) atoms. The van der Waals surface area contributed by atoms with E-state index < -0.39 is 23.7 Å². The number of nitrogens with zero attached hydrogens (tertiary/aromatic N) is 2. The van der Waals surface area contributed by atoms with Crippen molar-refractivity contribution >= 4 is 23.7 Å². The first-order valence-corrected chi connectivity index (χ1v) is 13.5. The molecule has 1 aliphatic carbocycles. The van der Waals surface area contributed by atoms with Crippen LogP contribution in [0.2, 0.25) is 0 Å². The Morgan fingerprint density at radius 2 is 1.62 bits per heavy atom. The Balaban J connectivity index is 0.000000559. The summed E-state index contributed by atoms with van der Waals surface area (Å²) in [7, 11) is 0. The van der Waals surface area contributed by atoms with E-state index in [1.54, 1.807) is 12.1 Å². The zero-order valence-electron chi connectivity index (χ0n) is 22.7. The molecule has 10 heteroatoms. The number of amidine groups is 1. The Morgan fingerprint density at radius 1 is 1.02 bits per heavy atom. The van der Waals surface area contributed by atoms with Crippen molar-refractivity contribution < 1.29 is 37.8 Å². The fraction of sp³-hybridized carbons (Fsp3) is 0.467. The van der Waals surface area contributed by atoms with Gasteiger partial charge in [0.15, 0.2) is 0 Å². The molecular formula is C30H35F3N2O5. The number of hydrogen-bond donors (Lipinski definition) is 2. The van der Waals surface area contributed by atoms with Crippen LogP contribution in [0.1, 0.15) is 81.1 Å². The standard InChI is InChI=1S/C28H34N2O3.C2HF3O2/c1-3-4-14-25-29-28(2,22-10-6-5-7-11-22)27(33)30(25)19-20-15-17-21(18-16-20)23-12-8-9-13-24(23)26(31)32;3-2(4,5)1(6)7/h8-9,12-13,15-18,22H,3-7,10-11,14,19H2,1-2H3,(H,31,32);(H,6,7)/t28-;/m1./s1. The van der Waals surface area contributed by atoms with Gasteiger partial charge in [0.25, 0.3) is 5.91 Å². The van der Waals surface area contributed by atoms with Crippen molar-refractivity contribution in [3.05, 3.63) is 59.7 Å². The predicted molar refractivity (Wildman–Crippen MR) is 145 cm³/mol. The number of alkyl halides is 3. The second-order valence-electron chi connectivity index (χ2n) is 10.4. The normalized spacial score (nSPS) is 19.6. The molecule has 1 atom stereocenters. The van der Waals surface area contributed by atoms with E-state index in [0.717, 1.165) is 49.1 Å². The van der Waals surface area contributed by atoms with Gasteiger partial charge in [0.05, 0.1) is 12.1 Å². The minimum Gasteiger partial charge on any atom is -0.478 e. The predicted octanol–water partition coefficient (Wildman–Crippen LogP) is 6.96. The largest absolute Gasteiger partial charge is 0.490 e. The zero-order valence-corrected chi connectivity index (χ0v) is 22.7. The molecule has 0 bridgehead atoms. The monoisotopic (exact) mass is 560 g/mol. The van der Waals surface area contributed by atoms with E-state index >= 15 is 0 Å². The molecule has 1 saturated carbocycles. The maximum Gasteiger partial charge on any atom is 0.490 e. The lowest BCUT2D eigenvalue weighted by atomic mass is 9.75. The fourth-order valence-electron chi connectivity index (χ4n) is 5.28. The van der Waals surface area contributed by atoms with Crippen LogP contribution in [0.3, 0.4) is 0 Å². The van der Waals surface area contributed by atoms with Crippen LogP contribution in [-0.4, -0.2) is 50.5 Å². The lowest BCUT2D eigenvalue weighted by Crippen LogP contribution is -2.45. The molecular weight excluding hydrogens is 525 g/mol. The average molecular weight is 561 g/mol. The highest BCUT2D eigenvalue weighted by molar-refractivity contribution is 6.08. The quantitative estimate of drug-likeness (QED) is 0.363. The highest BCUT2D eigenvalue weighted by atomic mass is 19.4. The fourth-order valence-corrected chi connectivity index (χ4v) is 5.28. The van der Waals surface area contributed by atoms with E-state index in [1.165, 1.54) is 19.3 Å². The molecule has 1 heterocycles. The molecule has 1 aliphatic heterocycles. The molecule has 0 saturated heterocycles. The summed E-state index contributed by atoms with van der Waals surface area (Å²) in [6, 6.07) is 14.9. The zero-order chi connectivity index (χ0) is 29.5. The molecule has 216 valence electrons. The summed E-state index contributed by atoms with van der Waals surface area (Å²) in [5.74, 6) is -2.30. The molecule has 0 unspecified atom stereocenters. The number of rotatable bonds is 8. The first-order valence-electron chi connectivity index (χ1n) is 13.5. The van der Waals surface area contributed by atoms with Gasteiger partial charge in [-0.05, 0) is 54.9 Å². The minimum absolute atomic E-state index is 0.140. The number of aromatic carboxylic acids is 1. The maximum atomic E-state index is 13.7. The highest BCUT2D eigenvalue weighted by Crippen LogP contribution is 2.40. The Bertz CT molecular complexity index is 1240. The Morgan fingerprint density at radius 3 is 2.17 bits per heavy atom. The maximum absolute atomic E-state index is 13.7. The van der Waals surface area contributed by atoms with Gasteiger partial charge in [0, 0.05) is 6.42 Å². The van der Waals surface area contributed by atoms with Gasteiger partial charge in [0.2, 0.25) is 0 Å². The third-order valence-electron chi connectivity index (χ3n) is 7.51. The third kappa shape index (κ3) is 7.28. The van der Waals surface area contributed by atoms with Crippen LogP contribution in [0.4, 0.5) is 13.2 Å². The van der Waals surface area contributed by atoms with Gasteiger partial charge >= 0.3 is 18.1 Å². The summed E-state index contributed by atoms with van der Waals surface area (Å²) in [4.78, 5) is 41.1. The van der Waals surface area contributed by atoms with Gasteiger partial charge in [-0.2, -0.15) is 13.2 Å². The molecule has 0 radical (unpaired) electrons. The summed E-state index contributed by atoms with van der Waals surface area (Å²) in [5.41, 5.74) is 2.23. The number of carbonyl (C=O) groups excluding carboxylic acids is 1. The lowest BCUT2D eigenvalue weighted by molar-refractivity contribution is -0.192. The van der Waals surface area contributed by atoms with Crippen molar-refractivity contribution in [3.63, 3.8) is 0 Å². The van der Waals surface area contributed by atoms with E-state index in [1.807, 2.05) is 48.2 Å². The van der Waals surface area contributed by atoms with E-state index in [9.17, 15) is 27.9 Å². The summed E-state index contributed by atoms with van der Waals surface area (Å²) in [6.45, 7) is 4.71. The SMILES string of the molecule is CCCCC1=N[C@](C)(C2CCCCC2)C(=O)N1Cc1ccc(-c2ccccc2C(=O)O)cc1.O=C(O)C(F)(F)F. The third-order valence-corrected chi connectivity index (χ3v) is 7.51. The van der Waals surface area contributed by atoms with Crippen molar-refractivity contribution in [2.75, 3.05) is 0 Å². The molecule has 1 fully saturated rings. The highest BCUT2D eigenvalue weighted by Gasteiger charge is 2.49. The van der Waals surface area contributed by atoms with Crippen LogP contribution in [0, 0.1) is 5.92 Å². The number of benzene rings is 2. The van der Waals surface area contributed by atoms with Gasteiger partial charge in [-0.1, -0.05) is 75.1 Å². The molecule has 7 nitrogen and oxygen atoms in total. The average Bonchev–Trinajstić information content (AvgIpc) is 3.18. The summed E-state index contributed by atoms with van der Waals surface area (Å²) in [5, 5.41) is 16.6. The van der Waals surface area contributed by atoms with Crippen molar-refractivity contribution in [2.24, 2.45) is 10.9 Å². The number of halogens is 3. The van der Waals surface area contributed by atoms with Crippen molar-refractivity contribution in [3.8, 4) is 11.1 Å². The van der Waals surface area contributed by atoms with Gasteiger partial charge in [-0.25, -0.2) is 9.59 Å². The van der Waals surface area contributed by atoms with Crippen LogP contribution in [0.25, 0.3) is 11.1 Å². The molecule has 0 spiro atoms. The van der Waals surface area contributed by atoms with Crippen molar-refractivity contribution in [1.29, 1.82) is 0 Å². The van der Waals surface area contributed by atoms with E-state index in [2.05, 4.69) is 6.92 Å². The Hall–Kier alpha value is -3.69. The molecule has 1 amide bonds. The van der Waals surface area contributed by atoms with Crippen LogP contribution in [0.15, 0.2) is 53.5 Å². The molecule has 4 rings (SSSR count). The first kappa shape index (κ1) is 30.8. The first-order chi connectivity index (χ1) is 18.9. The van der Waals surface area contributed by atoms with E-state index in [-0.39, 0.29) is 11.5 Å². The van der Waals surface area contributed by atoms with Crippen LogP contribution in [-0.2, 0) is 16.1 Å². The molecule has 2 N–H and O–H groups in total. The number of aliphatic carboxylic acids is 1. The number of carboxylic acids is 2. The summed E-state index contributed by atoms with van der Waals surface area (Å²) < 4.78 is 31.7. The Kier molecular flexibility index (Phi) is 10.1. The number of hydrogen-bond acceptors (Lipinski definition) is 4. The van der Waals surface area contributed by atoms with E-state index in [0.29, 0.717) is 18.0 Å². The van der Waals surface area contributed by atoms with Gasteiger partial charge in [0.1, 0.15) is 11.4 Å². The van der Waals surface area contributed by atoms with Crippen molar-refractivity contribution in [2.45, 2.75) is 83.5 Å². The Labute approximate surface area is 231 Å². The number of carboxylic acid groups (broad SMARTS) is 2. The molecule has 2 aromatic carbocycles. The topological polar surface area (TPSA) is 107 Å². The van der Waals surface area contributed by atoms with Gasteiger partial charge in [-0.15, -0.1) is 0 Å². The second kappa shape index (κ2) is 13.1. The molecule has 2 aromatic rings. The summed E-state index contributed by atoms with van der Waals surface area (Å²) >= 11 is 0. The van der Waals surface area contributed by atoms with Gasteiger partial charge in [-0.3, -0.25) is 14.7 Å². The number of unbranched alkanes of at least 4 members (excludes halogenated alkanes) is 1. The van der Waals surface area contributed by atoms with Crippen LogP contribution < -0.4 is 0 Å². The molecule has 2 aliphatic rings. The molecule has 0 aromatic heterocycles. The second-order valence-corrected chi connectivity index (χ2v) is 10.4. The smallest absolute Gasteiger partial charge is 0.478 e.